The van der Waals surface area contributed by atoms with Gasteiger partial charge in [0.2, 0.25) is 5.91 Å². The Morgan fingerprint density at radius 3 is 2.50 bits per heavy atom. The van der Waals surface area contributed by atoms with E-state index in [2.05, 4.69) is 4.90 Å². The molecule has 0 aromatic carbocycles. The first-order valence-electron chi connectivity index (χ1n) is 6.75. The molecule has 0 aromatic rings. The molecule has 0 radical (unpaired) electrons. The first kappa shape index (κ1) is 10.6. The van der Waals surface area contributed by atoms with Crippen LogP contribution in [0.1, 0.15) is 32.1 Å². The maximum absolute atomic E-state index is 12.0. The van der Waals surface area contributed by atoms with E-state index < -0.39 is 0 Å². The van der Waals surface area contributed by atoms with Crippen LogP contribution < -0.4 is 0 Å². The number of piperidine rings is 1. The van der Waals surface area contributed by atoms with E-state index in [0.29, 0.717) is 5.91 Å². The molecule has 16 heavy (non-hydrogen) atoms. The number of hydrogen-bond donors (Lipinski definition) is 0. The summed E-state index contributed by atoms with van der Waals surface area (Å²) in [6, 6.07) is 0.214. The fourth-order valence-electron chi connectivity index (χ4n) is 3.42. The second-order valence-corrected chi connectivity index (χ2v) is 5.80. The number of nitrogens with zero attached hydrogens (tertiary/aromatic N) is 2. The SMILES string of the molecule is CN1CCC(N2CCCC(C3CC3)C2)C1=O. The summed E-state index contributed by atoms with van der Waals surface area (Å²) in [5.74, 6) is 2.25. The summed E-state index contributed by atoms with van der Waals surface area (Å²) in [4.78, 5) is 16.3. The van der Waals surface area contributed by atoms with Crippen LogP contribution in [0.3, 0.4) is 0 Å². The lowest BCUT2D eigenvalue weighted by Crippen LogP contribution is -2.46. The van der Waals surface area contributed by atoms with Crippen molar-refractivity contribution in [2.45, 2.75) is 38.1 Å². The molecule has 1 amide bonds. The molecule has 0 aromatic heterocycles. The highest BCUT2D eigenvalue weighted by Crippen LogP contribution is 2.41. The van der Waals surface area contributed by atoms with Gasteiger partial charge < -0.3 is 4.90 Å². The lowest BCUT2D eigenvalue weighted by atomic mass is 9.92. The van der Waals surface area contributed by atoms with Crippen LogP contribution in [-0.4, -0.2) is 48.4 Å². The Hall–Kier alpha value is -0.570. The van der Waals surface area contributed by atoms with E-state index >= 15 is 0 Å². The fourth-order valence-corrected chi connectivity index (χ4v) is 3.42. The van der Waals surface area contributed by atoms with Crippen LogP contribution in [0.25, 0.3) is 0 Å². The highest BCUT2D eigenvalue weighted by Gasteiger charge is 2.39. The number of carbonyl (C=O) groups is 1. The summed E-state index contributed by atoms with van der Waals surface area (Å²) in [7, 11) is 1.94. The molecular formula is C13H22N2O. The average molecular weight is 222 g/mol. The minimum atomic E-state index is 0.214. The van der Waals surface area contributed by atoms with Crippen molar-refractivity contribution in [2.75, 3.05) is 26.7 Å². The van der Waals surface area contributed by atoms with Crippen LogP contribution in [0.15, 0.2) is 0 Å². The van der Waals surface area contributed by atoms with E-state index in [9.17, 15) is 4.79 Å². The fraction of sp³-hybridized carbons (Fsp3) is 0.923. The van der Waals surface area contributed by atoms with E-state index in [4.69, 9.17) is 0 Å². The molecule has 3 aliphatic rings. The summed E-state index contributed by atoms with van der Waals surface area (Å²) in [6.07, 6.45) is 6.63. The quantitative estimate of drug-likeness (QED) is 0.704. The number of carbonyl (C=O) groups excluding carboxylic acids is 1. The molecule has 2 atom stereocenters. The van der Waals surface area contributed by atoms with E-state index in [1.165, 1.54) is 32.2 Å². The summed E-state index contributed by atoms with van der Waals surface area (Å²) < 4.78 is 0. The third-order valence-corrected chi connectivity index (χ3v) is 4.62. The topological polar surface area (TPSA) is 23.6 Å². The molecule has 1 saturated carbocycles. The maximum Gasteiger partial charge on any atom is 0.239 e. The molecule has 3 nitrogen and oxygen atoms in total. The molecule has 3 heteroatoms. The monoisotopic (exact) mass is 222 g/mol. The Morgan fingerprint density at radius 1 is 1.06 bits per heavy atom. The van der Waals surface area contributed by atoms with Gasteiger partial charge in [-0.3, -0.25) is 9.69 Å². The maximum atomic E-state index is 12.0. The highest BCUT2D eigenvalue weighted by molar-refractivity contribution is 5.83. The normalized spacial score (nSPS) is 37.1. The van der Waals surface area contributed by atoms with Crippen LogP contribution >= 0.6 is 0 Å². The Balaban J connectivity index is 1.63. The van der Waals surface area contributed by atoms with Crippen molar-refractivity contribution in [2.24, 2.45) is 11.8 Å². The molecule has 3 fully saturated rings. The van der Waals surface area contributed by atoms with Gasteiger partial charge in [-0.2, -0.15) is 0 Å². The number of hydrogen-bond acceptors (Lipinski definition) is 2. The molecule has 1 aliphatic carbocycles. The van der Waals surface area contributed by atoms with Gasteiger partial charge in [-0.15, -0.1) is 0 Å². The standard InChI is InChI=1S/C13H22N2O/c1-14-8-6-12(13(14)16)15-7-2-3-11(9-15)10-4-5-10/h10-12H,2-9H2,1H3. The van der Waals surface area contributed by atoms with Crippen LogP contribution in [0.2, 0.25) is 0 Å². The van der Waals surface area contributed by atoms with Crippen LogP contribution in [-0.2, 0) is 4.79 Å². The predicted octanol–water partition coefficient (Wildman–Crippen LogP) is 1.34. The van der Waals surface area contributed by atoms with Gasteiger partial charge in [0.05, 0.1) is 6.04 Å². The Bertz CT molecular complexity index is 288. The van der Waals surface area contributed by atoms with Gasteiger partial charge in [0.1, 0.15) is 0 Å². The average Bonchev–Trinajstić information content (AvgIpc) is 3.08. The van der Waals surface area contributed by atoms with E-state index in [-0.39, 0.29) is 6.04 Å². The number of likely N-dealkylation sites (tertiary alicyclic amines) is 2. The van der Waals surface area contributed by atoms with Crippen LogP contribution in [0.5, 0.6) is 0 Å². The lowest BCUT2D eigenvalue weighted by Gasteiger charge is -2.36. The molecule has 2 heterocycles. The highest BCUT2D eigenvalue weighted by atomic mass is 16.2. The van der Waals surface area contributed by atoms with Crippen LogP contribution in [0, 0.1) is 11.8 Å². The van der Waals surface area contributed by atoms with Gasteiger partial charge in [0, 0.05) is 20.1 Å². The van der Waals surface area contributed by atoms with Gasteiger partial charge in [0.15, 0.2) is 0 Å². The third-order valence-electron chi connectivity index (χ3n) is 4.62. The molecule has 3 rings (SSSR count). The van der Waals surface area contributed by atoms with Gasteiger partial charge in [-0.05, 0) is 50.5 Å². The zero-order valence-corrected chi connectivity index (χ0v) is 10.2. The first-order valence-corrected chi connectivity index (χ1v) is 6.75. The van der Waals surface area contributed by atoms with Gasteiger partial charge in [-0.1, -0.05) is 0 Å². The van der Waals surface area contributed by atoms with Gasteiger partial charge in [-0.25, -0.2) is 0 Å². The van der Waals surface area contributed by atoms with Crippen molar-refractivity contribution in [3.8, 4) is 0 Å². The Morgan fingerprint density at radius 2 is 1.88 bits per heavy atom. The molecule has 0 bridgehead atoms. The van der Waals surface area contributed by atoms with E-state index in [1.54, 1.807) is 0 Å². The number of likely N-dealkylation sites (N-methyl/N-ethyl adjacent to an activating group) is 1. The number of rotatable bonds is 2. The van der Waals surface area contributed by atoms with Gasteiger partial charge >= 0.3 is 0 Å². The van der Waals surface area contributed by atoms with E-state index in [0.717, 1.165) is 31.3 Å². The smallest absolute Gasteiger partial charge is 0.239 e. The molecular weight excluding hydrogens is 200 g/mol. The second-order valence-electron chi connectivity index (χ2n) is 5.80. The zero-order chi connectivity index (χ0) is 11.1. The van der Waals surface area contributed by atoms with Crippen LogP contribution in [0.4, 0.5) is 0 Å². The molecule has 2 unspecified atom stereocenters. The lowest BCUT2D eigenvalue weighted by molar-refractivity contribution is -0.131. The Kier molecular flexibility index (Phi) is 2.66. The summed E-state index contributed by atoms with van der Waals surface area (Å²) in [5.41, 5.74) is 0. The van der Waals surface area contributed by atoms with Gasteiger partial charge in [0.25, 0.3) is 0 Å². The first-order chi connectivity index (χ1) is 7.75. The molecule has 2 saturated heterocycles. The molecule has 0 N–H and O–H groups in total. The van der Waals surface area contributed by atoms with Crippen molar-refractivity contribution in [3.05, 3.63) is 0 Å². The van der Waals surface area contributed by atoms with Crippen molar-refractivity contribution in [1.29, 1.82) is 0 Å². The summed E-state index contributed by atoms with van der Waals surface area (Å²) in [5, 5.41) is 0. The minimum absolute atomic E-state index is 0.214. The Labute approximate surface area is 97.8 Å². The van der Waals surface area contributed by atoms with Crippen molar-refractivity contribution in [3.63, 3.8) is 0 Å². The zero-order valence-electron chi connectivity index (χ0n) is 10.2. The second kappa shape index (κ2) is 4.02. The summed E-state index contributed by atoms with van der Waals surface area (Å²) in [6.45, 7) is 3.29. The molecule has 90 valence electrons. The summed E-state index contributed by atoms with van der Waals surface area (Å²) >= 11 is 0. The molecule has 2 aliphatic heterocycles. The van der Waals surface area contributed by atoms with Crippen molar-refractivity contribution in [1.82, 2.24) is 9.80 Å². The number of amides is 1. The van der Waals surface area contributed by atoms with Crippen molar-refractivity contribution >= 4 is 5.91 Å². The molecule has 0 spiro atoms. The minimum Gasteiger partial charge on any atom is -0.344 e. The third kappa shape index (κ3) is 1.86. The predicted molar refractivity (Wildman–Crippen MR) is 63.1 cm³/mol. The largest absolute Gasteiger partial charge is 0.344 e. The van der Waals surface area contributed by atoms with E-state index in [1.807, 2.05) is 11.9 Å². The van der Waals surface area contributed by atoms with Crippen molar-refractivity contribution < 1.29 is 4.79 Å².